The lowest BCUT2D eigenvalue weighted by Crippen LogP contribution is -2.52. The Bertz CT molecular complexity index is 1280. The zero-order valence-electron chi connectivity index (χ0n) is 18.7. The van der Waals surface area contributed by atoms with Gasteiger partial charge in [-0.2, -0.15) is 0 Å². The molecule has 0 spiro atoms. The van der Waals surface area contributed by atoms with Gasteiger partial charge in [0.2, 0.25) is 5.91 Å². The number of anilines is 2. The summed E-state index contributed by atoms with van der Waals surface area (Å²) in [5.74, 6) is -0.615. The Kier molecular flexibility index (Phi) is 7.09. The van der Waals surface area contributed by atoms with Gasteiger partial charge < -0.3 is 9.80 Å². The van der Waals surface area contributed by atoms with E-state index in [0.717, 1.165) is 9.87 Å². The molecule has 9 heteroatoms. The van der Waals surface area contributed by atoms with Crippen molar-refractivity contribution >= 4 is 38.9 Å². The fourth-order valence-corrected chi connectivity index (χ4v) is 5.61. The number of nitrogens with zero attached hydrogens (tertiary/aromatic N) is 3. The van der Waals surface area contributed by atoms with Crippen LogP contribution in [0, 0.1) is 12.7 Å². The molecule has 1 amide bonds. The summed E-state index contributed by atoms with van der Waals surface area (Å²) in [6, 6.07) is 19.5. The van der Waals surface area contributed by atoms with Crippen LogP contribution < -0.4 is 9.21 Å². The van der Waals surface area contributed by atoms with Crippen molar-refractivity contribution in [3.8, 4) is 0 Å². The van der Waals surface area contributed by atoms with Gasteiger partial charge >= 0.3 is 0 Å². The van der Waals surface area contributed by atoms with E-state index in [9.17, 15) is 17.6 Å². The number of piperazine rings is 1. The highest BCUT2D eigenvalue weighted by Gasteiger charge is 2.31. The number of carbonyl (C=O) groups is 1. The molecule has 6 nitrogen and oxygen atoms in total. The lowest BCUT2D eigenvalue weighted by Gasteiger charge is -2.37. The van der Waals surface area contributed by atoms with Crippen LogP contribution in [0.15, 0.2) is 77.7 Å². The maximum atomic E-state index is 14.1. The molecule has 1 fully saturated rings. The minimum Gasteiger partial charge on any atom is -0.366 e. The van der Waals surface area contributed by atoms with Crippen LogP contribution in [-0.4, -0.2) is 51.9 Å². The summed E-state index contributed by atoms with van der Waals surface area (Å²) in [6.07, 6.45) is 0. The number of hydrogen-bond acceptors (Lipinski definition) is 4. The summed E-state index contributed by atoms with van der Waals surface area (Å²) in [7, 11) is -4.02. The lowest BCUT2D eigenvalue weighted by atomic mass is 10.2. The van der Waals surface area contributed by atoms with Gasteiger partial charge in [-0.25, -0.2) is 12.8 Å². The highest BCUT2D eigenvalue weighted by atomic mass is 35.5. The van der Waals surface area contributed by atoms with E-state index in [0.29, 0.717) is 42.6 Å². The largest absolute Gasteiger partial charge is 0.366 e. The summed E-state index contributed by atoms with van der Waals surface area (Å²) in [5.41, 5.74) is 1.68. The number of halogens is 2. The second kappa shape index (κ2) is 10.0. The standard InChI is InChI=1S/C25H25ClFN3O3S/c1-19-6-2-4-8-23(19)30(34(32,33)21-12-10-20(26)11-13-21)18-25(31)29-16-14-28(15-17-29)24-9-5-3-7-22(24)27/h2-13H,14-18H2,1H3. The number of aryl methyl sites for hydroxylation is 1. The average Bonchev–Trinajstić information content (AvgIpc) is 2.83. The van der Waals surface area contributed by atoms with Crippen molar-refractivity contribution in [1.29, 1.82) is 0 Å². The fraction of sp³-hybridized carbons (Fsp3) is 0.240. The van der Waals surface area contributed by atoms with Crippen molar-refractivity contribution in [3.05, 3.63) is 89.2 Å². The first-order chi connectivity index (χ1) is 16.3. The predicted octanol–water partition coefficient (Wildman–Crippen LogP) is 4.33. The van der Waals surface area contributed by atoms with Gasteiger partial charge in [0.15, 0.2) is 0 Å². The summed E-state index contributed by atoms with van der Waals surface area (Å²) in [4.78, 5) is 16.8. The van der Waals surface area contributed by atoms with Gasteiger partial charge in [0, 0.05) is 31.2 Å². The number of rotatable bonds is 6. The highest BCUT2D eigenvalue weighted by molar-refractivity contribution is 7.92. The molecule has 0 atom stereocenters. The first kappa shape index (κ1) is 24.0. The third kappa shape index (κ3) is 5.03. The number of benzene rings is 3. The maximum absolute atomic E-state index is 14.1. The molecule has 0 aliphatic carbocycles. The van der Waals surface area contributed by atoms with Crippen LogP contribution in [-0.2, 0) is 14.8 Å². The van der Waals surface area contributed by atoms with Gasteiger partial charge in [-0.15, -0.1) is 0 Å². The molecule has 4 rings (SSSR count). The van der Waals surface area contributed by atoms with Crippen LogP contribution in [0.2, 0.25) is 5.02 Å². The van der Waals surface area contributed by atoms with E-state index < -0.39 is 10.0 Å². The average molecular weight is 502 g/mol. The fourth-order valence-electron chi connectivity index (χ4n) is 4.00. The summed E-state index contributed by atoms with van der Waals surface area (Å²) < 4.78 is 42.4. The van der Waals surface area contributed by atoms with E-state index >= 15 is 0 Å². The Morgan fingerprint density at radius 3 is 2.21 bits per heavy atom. The van der Waals surface area contributed by atoms with Crippen LogP contribution in [0.3, 0.4) is 0 Å². The Morgan fingerprint density at radius 2 is 1.56 bits per heavy atom. The predicted molar refractivity (Wildman–Crippen MR) is 132 cm³/mol. The van der Waals surface area contributed by atoms with E-state index in [1.165, 1.54) is 30.3 Å². The quantitative estimate of drug-likeness (QED) is 0.504. The number of hydrogen-bond donors (Lipinski definition) is 0. The molecule has 0 radical (unpaired) electrons. The third-order valence-corrected chi connectivity index (χ3v) is 7.92. The van der Waals surface area contributed by atoms with Crippen molar-refractivity contribution in [2.45, 2.75) is 11.8 Å². The molecule has 0 bridgehead atoms. The number of para-hydroxylation sites is 2. The van der Waals surface area contributed by atoms with Crippen molar-refractivity contribution in [2.75, 3.05) is 41.9 Å². The molecule has 0 N–H and O–H groups in total. The zero-order valence-corrected chi connectivity index (χ0v) is 20.3. The van der Waals surface area contributed by atoms with E-state index in [2.05, 4.69) is 0 Å². The minimum atomic E-state index is -4.02. The van der Waals surface area contributed by atoms with Gasteiger partial charge in [-0.05, 0) is 55.0 Å². The Morgan fingerprint density at radius 1 is 0.941 bits per heavy atom. The molecule has 1 heterocycles. The van der Waals surface area contributed by atoms with Gasteiger partial charge in [-0.1, -0.05) is 41.9 Å². The number of carbonyl (C=O) groups excluding carboxylic acids is 1. The molecule has 0 saturated carbocycles. The van der Waals surface area contributed by atoms with Gasteiger partial charge in [0.1, 0.15) is 12.4 Å². The minimum absolute atomic E-state index is 0.0531. The van der Waals surface area contributed by atoms with Crippen LogP contribution in [0.5, 0.6) is 0 Å². The normalized spacial score (nSPS) is 14.2. The lowest BCUT2D eigenvalue weighted by molar-refractivity contribution is -0.129. The van der Waals surface area contributed by atoms with Crippen LogP contribution in [0.4, 0.5) is 15.8 Å². The van der Waals surface area contributed by atoms with E-state index in [1.54, 1.807) is 48.2 Å². The molecule has 0 unspecified atom stereocenters. The van der Waals surface area contributed by atoms with E-state index in [1.807, 2.05) is 11.0 Å². The van der Waals surface area contributed by atoms with Crippen LogP contribution in [0.25, 0.3) is 0 Å². The maximum Gasteiger partial charge on any atom is 0.264 e. The first-order valence-corrected chi connectivity index (χ1v) is 12.7. The number of amides is 1. The second-order valence-electron chi connectivity index (χ2n) is 8.07. The topological polar surface area (TPSA) is 60.9 Å². The van der Waals surface area contributed by atoms with Crippen LogP contribution >= 0.6 is 11.6 Å². The Labute approximate surface area is 204 Å². The van der Waals surface area contributed by atoms with E-state index in [4.69, 9.17) is 11.6 Å². The number of sulfonamides is 1. The molecule has 34 heavy (non-hydrogen) atoms. The Hall–Kier alpha value is -3.10. The molecule has 1 aliphatic heterocycles. The molecule has 0 aromatic heterocycles. The molecule has 1 saturated heterocycles. The smallest absolute Gasteiger partial charge is 0.264 e. The molecule has 3 aromatic carbocycles. The highest BCUT2D eigenvalue weighted by Crippen LogP contribution is 2.28. The molecular weight excluding hydrogens is 477 g/mol. The van der Waals surface area contributed by atoms with E-state index in [-0.39, 0.29) is 23.2 Å². The zero-order chi connectivity index (χ0) is 24.3. The summed E-state index contributed by atoms with van der Waals surface area (Å²) in [5, 5.41) is 0.421. The van der Waals surface area contributed by atoms with Crippen molar-refractivity contribution in [3.63, 3.8) is 0 Å². The van der Waals surface area contributed by atoms with Crippen molar-refractivity contribution < 1.29 is 17.6 Å². The molecule has 3 aromatic rings. The molecular formula is C25H25ClFN3O3S. The van der Waals surface area contributed by atoms with Gasteiger partial charge in [0.05, 0.1) is 16.3 Å². The van der Waals surface area contributed by atoms with Gasteiger partial charge in [-0.3, -0.25) is 9.10 Å². The summed E-state index contributed by atoms with van der Waals surface area (Å²) >= 11 is 5.94. The van der Waals surface area contributed by atoms with Crippen molar-refractivity contribution in [2.24, 2.45) is 0 Å². The molecule has 178 valence electrons. The Balaban J connectivity index is 1.55. The molecule has 1 aliphatic rings. The summed E-state index contributed by atoms with van der Waals surface area (Å²) in [6.45, 7) is 3.13. The second-order valence-corrected chi connectivity index (χ2v) is 10.4. The van der Waals surface area contributed by atoms with Crippen LogP contribution in [0.1, 0.15) is 5.56 Å². The van der Waals surface area contributed by atoms with Gasteiger partial charge in [0.25, 0.3) is 10.0 Å². The third-order valence-electron chi connectivity index (χ3n) is 5.89. The SMILES string of the molecule is Cc1ccccc1N(CC(=O)N1CCN(c2ccccc2F)CC1)S(=O)(=O)c1ccc(Cl)cc1. The first-order valence-electron chi connectivity index (χ1n) is 10.9. The monoisotopic (exact) mass is 501 g/mol. The van der Waals surface area contributed by atoms with Crippen molar-refractivity contribution in [1.82, 2.24) is 4.90 Å².